The van der Waals surface area contributed by atoms with Gasteiger partial charge in [-0.3, -0.25) is 0 Å². The molecule has 0 atom stereocenters. The minimum absolute atomic E-state index is 0.152. The van der Waals surface area contributed by atoms with Gasteiger partial charge in [-0.2, -0.15) is 0 Å². The number of hydrogen-bond acceptors (Lipinski definition) is 1. The van der Waals surface area contributed by atoms with Gasteiger partial charge >= 0.3 is 0 Å². The van der Waals surface area contributed by atoms with Crippen LogP contribution in [0.15, 0.2) is 18.2 Å². The van der Waals surface area contributed by atoms with E-state index in [1.807, 2.05) is 6.07 Å². The van der Waals surface area contributed by atoms with Crippen molar-refractivity contribution in [3.63, 3.8) is 0 Å². The van der Waals surface area contributed by atoms with Crippen LogP contribution in [0.5, 0.6) is 0 Å². The first-order valence-electron chi connectivity index (χ1n) is 5.77. The second-order valence-electron chi connectivity index (χ2n) is 4.90. The van der Waals surface area contributed by atoms with Crippen LogP contribution in [0.2, 0.25) is 0 Å². The quantitative estimate of drug-likeness (QED) is 0.799. The highest BCUT2D eigenvalue weighted by atomic mass is 16.3. The minimum Gasteiger partial charge on any atom is -0.392 e. The fourth-order valence-electron chi connectivity index (χ4n) is 2.16. The zero-order chi connectivity index (χ0) is 11.4. The maximum Gasteiger partial charge on any atom is 0.0684 e. The van der Waals surface area contributed by atoms with Crippen LogP contribution in [0.3, 0.4) is 0 Å². The van der Waals surface area contributed by atoms with E-state index in [0.717, 1.165) is 12.0 Å². The van der Waals surface area contributed by atoms with Crippen LogP contribution in [0, 0.1) is 5.92 Å². The second kappa shape index (κ2) is 5.32. The summed E-state index contributed by atoms with van der Waals surface area (Å²) in [6, 6.07) is 6.27. The average Bonchev–Trinajstić information content (AvgIpc) is 2.15. The Balaban J connectivity index is 3.13. The van der Waals surface area contributed by atoms with E-state index >= 15 is 0 Å². The summed E-state index contributed by atoms with van der Waals surface area (Å²) >= 11 is 0. The summed E-state index contributed by atoms with van der Waals surface area (Å²) in [5.74, 6) is 1.15. The zero-order valence-corrected chi connectivity index (χ0v) is 10.2. The first kappa shape index (κ1) is 12.3. The predicted octanol–water partition coefficient (Wildman–Crippen LogP) is 3.50. The summed E-state index contributed by atoms with van der Waals surface area (Å²) in [6.07, 6.45) is 1.10. The standard InChI is InChI=1S/C14H22O/c1-10(2)8-12-6-5-7-13(9-15)14(12)11(3)4/h5-7,10-11,15H,8-9H2,1-4H3. The lowest BCUT2D eigenvalue weighted by molar-refractivity contribution is 0.280. The smallest absolute Gasteiger partial charge is 0.0684 e. The molecule has 1 heteroatoms. The summed E-state index contributed by atoms with van der Waals surface area (Å²) in [6.45, 7) is 9.00. The lowest BCUT2D eigenvalue weighted by Crippen LogP contribution is -2.05. The third kappa shape index (κ3) is 3.07. The number of aliphatic hydroxyl groups excluding tert-OH is 1. The highest BCUT2D eigenvalue weighted by Crippen LogP contribution is 2.26. The van der Waals surface area contributed by atoms with E-state index < -0.39 is 0 Å². The Hall–Kier alpha value is -0.820. The van der Waals surface area contributed by atoms with Crippen LogP contribution in [0.4, 0.5) is 0 Å². The maximum atomic E-state index is 9.33. The van der Waals surface area contributed by atoms with Crippen molar-refractivity contribution in [2.45, 2.75) is 46.6 Å². The summed E-state index contributed by atoms with van der Waals surface area (Å²) in [5, 5.41) is 9.33. The molecule has 1 rings (SSSR count). The van der Waals surface area contributed by atoms with E-state index in [1.54, 1.807) is 0 Å². The average molecular weight is 206 g/mol. The molecular formula is C14H22O. The molecule has 0 fully saturated rings. The SMILES string of the molecule is CC(C)Cc1cccc(CO)c1C(C)C. The molecule has 15 heavy (non-hydrogen) atoms. The summed E-state index contributed by atoms with van der Waals surface area (Å²) in [7, 11) is 0. The number of aliphatic hydroxyl groups is 1. The summed E-state index contributed by atoms with van der Waals surface area (Å²) in [5.41, 5.74) is 3.82. The molecule has 0 radical (unpaired) electrons. The van der Waals surface area contributed by atoms with Crippen molar-refractivity contribution < 1.29 is 5.11 Å². The van der Waals surface area contributed by atoms with Crippen LogP contribution in [-0.4, -0.2) is 5.11 Å². The Morgan fingerprint density at radius 2 is 1.67 bits per heavy atom. The number of hydrogen-bond donors (Lipinski definition) is 1. The minimum atomic E-state index is 0.152. The Morgan fingerprint density at radius 1 is 1.07 bits per heavy atom. The molecule has 1 nitrogen and oxygen atoms in total. The van der Waals surface area contributed by atoms with Gasteiger partial charge in [-0.15, -0.1) is 0 Å². The van der Waals surface area contributed by atoms with Crippen molar-refractivity contribution in [2.24, 2.45) is 5.92 Å². The van der Waals surface area contributed by atoms with Crippen LogP contribution >= 0.6 is 0 Å². The Labute approximate surface area is 93.1 Å². The third-order valence-electron chi connectivity index (χ3n) is 2.66. The molecule has 0 aliphatic carbocycles. The molecule has 84 valence electrons. The van der Waals surface area contributed by atoms with Crippen molar-refractivity contribution in [2.75, 3.05) is 0 Å². The van der Waals surface area contributed by atoms with Gasteiger partial charge in [0.15, 0.2) is 0 Å². The topological polar surface area (TPSA) is 20.2 Å². The van der Waals surface area contributed by atoms with Crippen molar-refractivity contribution in [1.82, 2.24) is 0 Å². The molecule has 0 spiro atoms. The molecule has 0 bridgehead atoms. The normalized spacial score (nSPS) is 11.4. The molecule has 0 aromatic heterocycles. The molecule has 0 saturated heterocycles. The summed E-state index contributed by atoms with van der Waals surface area (Å²) < 4.78 is 0. The molecule has 0 unspecified atom stereocenters. The van der Waals surface area contributed by atoms with E-state index in [9.17, 15) is 5.11 Å². The molecule has 1 aromatic rings. The highest BCUT2D eigenvalue weighted by Gasteiger charge is 2.11. The molecule has 1 aromatic carbocycles. The van der Waals surface area contributed by atoms with Gasteiger partial charge in [-0.1, -0.05) is 45.9 Å². The predicted molar refractivity (Wildman–Crippen MR) is 65.0 cm³/mol. The van der Waals surface area contributed by atoms with E-state index in [4.69, 9.17) is 0 Å². The lowest BCUT2D eigenvalue weighted by atomic mass is 9.88. The Morgan fingerprint density at radius 3 is 2.13 bits per heavy atom. The van der Waals surface area contributed by atoms with Crippen molar-refractivity contribution >= 4 is 0 Å². The molecule has 0 amide bonds. The van der Waals surface area contributed by atoms with E-state index in [1.165, 1.54) is 11.1 Å². The largest absolute Gasteiger partial charge is 0.392 e. The Bertz CT molecular complexity index is 313. The van der Waals surface area contributed by atoms with Crippen LogP contribution in [-0.2, 0) is 13.0 Å². The molecule has 0 heterocycles. The van der Waals surface area contributed by atoms with Gasteiger partial charge in [-0.25, -0.2) is 0 Å². The van der Waals surface area contributed by atoms with E-state index in [0.29, 0.717) is 11.8 Å². The zero-order valence-electron chi connectivity index (χ0n) is 10.2. The van der Waals surface area contributed by atoms with Crippen molar-refractivity contribution in [1.29, 1.82) is 0 Å². The number of benzene rings is 1. The first-order valence-corrected chi connectivity index (χ1v) is 5.77. The van der Waals surface area contributed by atoms with Crippen molar-refractivity contribution in [3.05, 3.63) is 34.9 Å². The fourth-order valence-corrected chi connectivity index (χ4v) is 2.16. The fraction of sp³-hybridized carbons (Fsp3) is 0.571. The van der Waals surface area contributed by atoms with Gasteiger partial charge in [0.2, 0.25) is 0 Å². The van der Waals surface area contributed by atoms with Crippen LogP contribution < -0.4 is 0 Å². The van der Waals surface area contributed by atoms with E-state index in [-0.39, 0.29) is 6.61 Å². The summed E-state index contributed by atoms with van der Waals surface area (Å²) in [4.78, 5) is 0. The maximum absolute atomic E-state index is 9.33. The second-order valence-corrected chi connectivity index (χ2v) is 4.90. The lowest BCUT2D eigenvalue weighted by Gasteiger charge is -2.18. The Kier molecular flexibility index (Phi) is 4.34. The molecule has 0 saturated carbocycles. The van der Waals surface area contributed by atoms with Gasteiger partial charge in [0, 0.05) is 0 Å². The molecule has 0 aliphatic rings. The van der Waals surface area contributed by atoms with E-state index in [2.05, 4.69) is 39.8 Å². The molecule has 1 N–H and O–H groups in total. The first-order chi connectivity index (χ1) is 7.06. The molecule has 0 aliphatic heterocycles. The van der Waals surface area contributed by atoms with Crippen LogP contribution in [0.25, 0.3) is 0 Å². The van der Waals surface area contributed by atoms with Crippen LogP contribution in [0.1, 0.15) is 50.3 Å². The van der Waals surface area contributed by atoms with Gasteiger partial charge < -0.3 is 5.11 Å². The van der Waals surface area contributed by atoms with Crippen molar-refractivity contribution in [3.8, 4) is 0 Å². The monoisotopic (exact) mass is 206 g/mol. The highest BCUT2D eigenvalue weighted by molar-refractivity contribution is 5.37. The van der Waals surface area contributed by atoms with Gasteiger partial charge in [0.25, 0.3) is 0 Å². The van der Waals surface area contributed by atoms with Gasteiger partial charge in [0.05, 0.1) is 6.61 Å². The third-order valence-corrected chi connectivity index (χ3v) is 2.66. The van der Waals surface area contributed by atoms with Gasteiger partial charge in [0.1, 0.15) is 0 Å². The van der Waals surface area contributed by atoms with Gasteiger partial charge in [-0.05, 0) is 34.9 Å². The molecular weight excluding hydrogens is 184 g/mol. The number of rotatable bonds is 4.